The molecular weight excluding hydrogens is 310 g/mol. The van der Waals surface area contributed by atoms with Crippen LogP contribution in [-0.2, 0) is 11.2 Å². The summed E-state index contributed by atoms with van der Waals surface area (Å²) in [6, 6.07) is 7.91. The van der Waals surface area contributed by atoms with Crippen LogP contribution in [0.4, 0.5) is 5.69 Å². The normalized spacial score (nSPS) is 10.7. The Morgan fingerprint density at radius 3 is 2.57 bits per heavy atom. The molecule has 0 unspecified atom stereocenters. The Morgan fingerprint density at radius 1 is 1.17 bits per heavy atom. The second kappa shape index (κ2) is 6.34. The molecule has 23 heavy (non-hydrogen) atoms. The van der Waals surface area contributed by atoms with Gasteiger partial charge in [-0.05, 0) is 61.0 Å². The van der Waals surface area contributed by atoms with Crippen molar-refractivity contribution < 1.29 is 9.21 Å². The number of benzene rings is 1. The maximum absolute atomic E-state index is 12.1. The Morgan fingerprint density at radius 2 is 1.91 bits per heavy atom. The van der Waals surface area contributed by atoms with Gasteiger partial charge in [0.05, 0.1) is 4.88 Å². The van der Waals surface area contributed by atoms with E-state index in [1.54, 1.807) is 11.3 Å². The van der Waals surface area contributed by atoms with Crippen LogP contribution in [0, 0.1) is 20.8 Å². The van der Waals surface area contributed by atoms with E-state index in [0.717, 1.165) is 27.3 Å². The molecule has 0 bridgehead atoms. The first-order chi connectivity index (χ1) is 11.0. The van der Waals surface area contributed by atoms with Crippen molar-refractivity contribution in [3.8, 4) is 10.8 Å². The standard InChI is InChI=1S/C17H17N3O2S/c1-10-6-11(2)8-13(7-10)18-14(21)9-15-19-20-17(22-15)16-12(3)4-5-23-16/h4-8H,9H2,1-3H3,(H,18,21). The van der Waals surface area contributed by atoms with Gasteiger partial charge in [0.25, 0.3) is 5.89 Å². The van der Waals surface area contributed by atoms with E-state index in [-0.39, 0.29) is 12.3 Å². The number of nitrogens with one attached hydrogen (secondary N) is 1. The number of carbonyl (C=O) groups is 1. The van der Waals surface area contributed by atoms with Crippen molar-refractivity contribution in [2.24, 2.45) is 0 Å². The zero-order chi connectivity index (χ0) is 16.4. The summed E-state index contributed by atoms with van der Waals surface area (Å²) in [4.78, 5) is 13.1. The first kappa shape index (κ1) is 15.4. The predicted octanol–water partition coefficient (Wildman–Crippen LogP) is 3.90. The van der Waals surface area contributed by atoms with Gasteiger partial charge in [0.2, 0.25) is 11.8 Å². The summed E-state index contributed by atoms with van der Waals surface area (Å²) < 4.78 is 5.59. The molecule has 0 spiro atoms. The molecule has 1 amide bonds. The lowest BCUT2D eigenvalue weighted by Gasteiger charge is -2.06. The SMILES string of the molecule is Cc1cc(C)cc(NC(=O)Cc2nnc(-c3sccc3C)o2)c1. The lowest BCUT2D eigenvalue weighted by atomic mass is 10.1. The minimum Gasteiger partial charge on any atom is -0.419 e. The van der Waals surface area contributed by atoms with Crippen LogP contribution in [0.15, 0.2) is 34.1 Å². The van der Waals surface area contributed by atoms with Gasteiger partial charge in [-0.2, -0.15) is 0 Å². The van der Waals surface area contributed by atoms with Crippen molar-refractivity contribution in [2.75, 3.05) is 5.32 Å². The molecule has 0 atom stereocenters. The van der Waals surface area contributed by atoms with Crippen LogP contribution in [-0.4, -0.2) is 16.1 Å². The van der Waals surface area contributed by atoms with Crippen LogP contribution in [0.2, 0.25) is 0 Å². The summed E-state index contributed by atoms with van der Waals surface area (Å²) in [5.41, 5.74) is 4.08. The van der Waals surface area contributed by atoms with Crippen molar-refractivity contribution in [3.63, 3.8) is 0 Å². The number of hydrogen-bond acceptors (Lipinski definition) is 5. The number of aryl methyl sites for hydroxylation is 3. The van der Waals surface area contributed by atoms with Gasteiger partial charge < -0.3 is 9.73 Å². The zero-order valence-corrected chi connectivity index (χ0v) is 14.0. The van der Waals surface area contributed by atoms with Gasteiger partial charge in [-0.1, -0.05) is 6.07 Å². The van der Waals surface area contributed by atoms with Crippen LogP contribution in [0.1, 0.15) is 22.6 Å². The average molecular weight is 327 g/mol. The number of amides is 1. The Balaban J connectivity index is 1.69. The summed E-state index contributed by atoms with van der Waals surface area (Å²) >= 11 is 1.54. The van der Waals surface area contributed by atoms with E-state index < -0.39 is 0 Å². The van der Waals surface area contributed by atoms with Crippen LogP contribution >= 0.6 is 11.3 Å². The quantitative estimate of drug-likeness (QED) is 0.789. The van der Waals surface area contributed by atoms with E-state index in [9.17, 15) is 4.79 Å². The molecule has 1 aromatic carbocycles. The minimum atomic E-state index is -0.173. The van der Waals surface area contributed by atoms with Gasteiger partial charge in [0.15, 0.2) is 0 Å². The molecule has 118 valence electrons. The second-order valence-electron chi connectivity index (χ2n) is 5.54. The Labute approximate surface area is 138 Å². The van der Waals surface area contributed by atoms with E-state index in [1.165, 1.54) is 0 Å². The molecule has 2 heterocycles. The summed E-state index contributed by atoms with van der Waals surface area (Å²) in [6.07, 6.45) is 0.0599. The van der Waals surface area contributed by atoms with E-state index in [1.807, 2.05) is 44.4 Å². The summed E-state index contributed by atoms with van der Waals surface area (Å²) in [6.45, 7) is 5.98. The highest BCUT2D eigenvalue weighted by Gasteiger charge is 2.15. The average Bonchev–Trinajstić information content (AvgIpc) is 3.06. The highest BCUT2D eigenvalue weighted by atomic mass is 32.1. The summed E-state index contributed by atoms with van der Waals surface area (Å²) in [5, 5.41) is 12.8. The van der Waals surface area contributed by atoms with Gasteiger partial charge >= 0.3 is 0 Å². The van der Waals surface area contributed by atoms with Gasteiger partial charge in [-0.3, -0.25) is 4.79 Å². The fourth-order valence-corrected chi connectivity index (χ4v) is 3.24. The maximum atomic E-state index is 12.1. The lowest BCUT2D eigenvalue weighted by Crippen LogP contribution is -2.14. The highest BCUT2D eigenvalue weighted by molar-refractivity contribution is 7.13. The molecule has 3 aromatic rings. The van der Waals surface area contributed by atoms with Crippen LogP contribution in [0.25, 0.3) is 10.8 Å². The van der Waals surface area contributed by atoms with Crippen LogP contribution < -0.4 is 5.32 Å². The number of nitrogens with zero attached hydrogens (tertiary/aromatic N) is 2. The third-order valence-electron chi connectivity index (χ3n) is 3.34. The smallest absolute Gasteiger partial charge is 0.258 e. The molecular formula is C17H17N3O2S. The summed E-state index contributed by atoms with van der Waals surface area (Å²) in [7, 11) is 0. The number of rotatable bonds is 4. The molecule has 0 aliphatic rings. The van der Waals surface area contributed by atoms with Crippen LogP contribution in [0.5, 0.6) is 0 Å². The van der Waals surface area contributed by atoms with Crippen LogP contribution in [0.3, 0.4) is 0 Å². The Kier molecular flexibility index (Phi) is 4.25. The minimum absolute atomic E-state index is 0.0599. The predicted molar refractivity (Wildman–Crippen MR) is 90.6 cm³/mol. The first-order valence-electron chi connectivity index (χ1n) is 7.26. The van der Waals surface area contributed by atoms with E-state index in [4.69, 9.17) is 4.42 Å². The lowest BCUT2D eigenvalue weighted by molar-refractivity contribution is -0.115. The topological polar surface area (TPSA) is 68.0 Å². The van der Waals surface area contributed by atoms with Gasteiger partial charge in [0, 0.05) is 5.69 Å². The first-order valence-corrected chi connectivity index (χ1v) is 8.14. The molecule has 0 aliphatic heterocycles. The number of hydrogen-bond donors (Lipinski definition) is 1. The van der Waals surface area contributed by atoms with E-state index in [2.05, 4.69) is 21.6 Å². The maximum Gasteiger partial charge on any atom is 0.258 e. The Bertz CT molecular complexity index is 831. The molecule has 5 nitrogen and oxygen atoms in total. The molecule has 3 rings (SSSR count). The molecule has 0 aliphatic carbocycles. The van der Waals surface area contributed by atoms with Crippen molar-refractivity contribution in [2.45, 2.75) is 27.2 Å². The largest absolute Gasteiger partial charge is 0.419 e. The van der Waals surface area contributed by atoms with Gasteiger partial charge in [0.1, 0.15) is 6.42 Å². The van der Waals surface area contributed by atoms with Gasteiger partial charge in [-0.15, -0.1) is 21.5 Å². The van der Waals surface area contributed by atoms with Crippen molar-refractivity contribution in [3.05, 3.63) is 52.2 Å². The van der Waals surface area contributed by atoms with Crippen molar-refractivity contribution in [1.29, 1.82) is 0 Å². The number of anilines is 1. The number of carbonyl (C=O) groups excluding carboxylic acids is 1. The third-order valence-corrected chi connectivity index (χ3v) is 4.34. The monoisotopic (exact) mass is 327 g/mol. The number of thiophene rings is 1. The second-order valence-corrected chi connectivity index (χ2v) is 6.45. The molecule has 0 fully saturated rings. The fraction of sp³-hybridized carbons (Fsp3) is 0.235. The van der Waals surface area contributed by atoms with Gasteiger partial charge in [-0.25, -0.2) is 0 Å². The van der Waals surface area contributed by atoms with E-state index in [0.29, 0.717) is 11.8 Å². The molecule has 0 saturated heterocycles. The summed E-state index contributed by atoms with van der Waals surface area (Å²) in [5.74, 6) is 0.606. The van der Waals surface area contributed by atoms with Crippen molar-refractivity contribution in [1.82, 2.24) is 10.2 Å². The zero-order valence-electron chi connectivity index (χ0n) is 13.2. The van der Waals surface area contributed by atoms with Crippen molar-refractivity contribution >= 4 is 22.9 Å². The number of aromatic nitrogens is 2. The Hall–Kier alpha value is -2.47. The molecule has 6 heteroatoms. The molecule has 0 radical (unpaired) electrons. The van der Waals surface area contributed by atoms with E-state index >= 15 is 0 Å². The molecule has 2 aromatic heterocycles. The highest BCUT2D eigenvalue weighted by Crippen LogP contribution is 2.27. The third kappa shape index (κ3) is 3.65. The fourth-order valence-electron chi connectivity index (χ4n) is 2.40. The molecule has 0 saturated carbocycles. The molecule has 1 N–H and O–H groups in total.